The number of hydrogen-bond donors (Lipinski definition) is 0. The Morgan fingerprint density at radius 3 is 2.77 bits per heavy atom. The summed E-state index contributed by atoms with van der Waals surface area (Å²) < 4.78 is 2.29. The van der Waals surface area contributed by atoms with Crippen LogP contribution in [0, 0.1) is 0 Å². The summed E-state index contributed by atoms with van der Waals surface area (Å²) in [5, 5.41) is 3.57. The van der Waals surface area contributed by atoms with Crippen molar-refractivity contribution in [3.05, 3.63) is 29.3 Å². The molecular weight excluding hydrogens is 362 g/mol. The van der Waals surface area contributed by atoms with Crippen molar-refractivity contribution < 1.29 is 4.84 Å². The summed E-state index contributed by atoms with van der Waals surface area (Å²) in [5.74, 6) is 0. The first-order chi connectivity index (χ1) is 10.8. The van der Waals surface area contributed by atoms with Crippen molar-refractivity contribution in [3.63, 3.8) is 0 Å². The van der Waals surface area contributed by atoms with Crippen molar-refractivity contribution in [1.82, 2.24) is 9.88 Å². The fourth-order valence-electron chi connectivity index (χ4n) is 2.72. The zero-order valence-electron chi connectivity index (χ0n) is 12.5. The number of halogens is 1. The summed E-state index contributed by atoms with van der Waals surface area (Å²) in [7, 11) is 0. The number of piperidine rings is 1. The van der Waals surface area contributed by atoms with Crippen LogP contribution in [0.15, 0.2) is 28.9 Å². The number of nitrogens with zero attached hydrogens (tertiary/aromatic N) is 3. The second-order valence-electron chi connectivity index (χ2n) is 5.51. The highest BCUT2D eigenvalue weighted by Gasteiger charge is 2.12. The van der Waals surface area contributed by atoms with Crippen LogP contribution in [0.25, 0.3) is 10.2 Å². The van der Waals surface area contributed by atoms with Crippen LogP contribution >= 0.6 is 27.3 Å². The summed E-state index contributed by atoms with van der Waals surface area (Å²) in [5.41, 5.74) is 4.55. The van der Waals surface area contributed by atoms with E-state index in [2.05, 4.69) is 54.0 Å². The molecule has 0 unspecified atom stereocenters. The van der Waals surface area contributed by atoms with Gasteiger partial charge in [-0.3, -0.25) is 4.90 Å². The molecule has 0 radical (unpaired) electrons. The first-order valence-corrected chi connectivity index (χ1v) is 9.38. The predicted molar refractivity (Wildman–Crippen MR) is 95.7 cm³/mol. The molecule has 2 aromatic rings. The topological polar surface area (TPSA) is 37.7 Å². The molecule has 2 aliphatic heterocycles. The molecule has 1 saturated heterocycles. The van der Waals surface area contributed by atoms with E-state index in [-0.39, 0.29) is 0 Å². The fraction of sp³-hybridized carbons (Fsp3) is 0.500. The standard InChI is InChI=1S/C13H16N2S.C3H4BrNO/c1-2-7-15(8-3-1)9-11-5-4-6-12-13(11)16-10-14-12;4-3-1-2-6-5-3/h4-6,10H,1-3,7-9H2;1-2H2. The van der Waals surface area contributed by atoms with Crippen molar-refractivity contribution in [2.75, 3.05) is 19.7 Å². The number of aromatic nitrogens is 1. The quantitative estimate of drug-likeness (QED) is 0.773. The van der Waals surface area contributed by atoms with Gasteiger partial charge in [-0.2, -0.15) is 0 Å². The van der Waals surface area contributed by atoms with Gasteiger partial charge in [0.2, 0.25) is 0 Å². The molecule has 22 heavy (non-hydrogen) atoms. The molecule has 4 nitrogen and oxygen atoms in total. The van der Waals surface area contributed by atoms with E-state index in [9.17, 15) is 0 Å². The number of benzene rings is 1. The van der Waals surface area contributed by atoms with Gasteiger partial charge in [-0.05, 0) is 53.5 Å². The highest BCUT2D eigenvalue weighted by atomic mass is 79.9. The predicted octanol–water partition coefficient (Wildman–Crippen LogP) is 4.40. The van der Waals surface area contributed by atoms with Crippen LogP contribution in [-0.4, -0.2) is 34.2 Å². The molecule has 118 valence electrons. The summed E-state index contributed by atoms with van der Waals surface area (Å²) in [4.78, 5) is 11.5. The van der Waals surface area contributed by atoms with Gasteiger partial charge in [0.25, 0.3) is 0 Å². The van der Waals surface area contributed by atoms with Crippen molar-refractivity contribution in [2.24, 2.45) is 5.16 Å². The van der Waals surface area contributed by atoms with Crippen LogP contribution in [0.1, 0.15) is 31.2 Å². The Morgan fingerprint density at radius 2 is 2.09 bits per heavy atom. The third-order valence-corrected chi connectivity index (χ3v) is 5.30. The molecule has 1 fully saturated rings. The molecular formula is C16H20BrN3OS. The van der Waals surface area contributed by atoms with Gasteiger partial charge in [0.1, 0.15) is 11.2 Å². The lowest BCUT2D eigenvalue weighted by molar-refractivity contribution is 0.174. The SMILES string of the molecule is BrC1=NOCC1.c1cc(CN2CCCCC2)c2scnc2c1. The molecule has 1 aromatic carbocycles. The van der Waals surface area contributed by atoms with Crippen LogP contribution in [0.4, 0.5) is 0 Å². The minimum Gasteiger partial charge on any atom is -0.395 e. The van der Waals surface area contributed by atoms with Crippen molar-refractivity contribution in [1.29, 1.82) is 0 Å². The number of rotatable bonds is 2. The molecule has 0 aliphatic carbocycles. The zero-order valence-corrected chi connectivity index (χ0v) is 14.9. The molecule has 2 aliphatic rings. The van der Waals surface area contributed by atoms with Gasteiger partial charge in [0.15, 0.2) is 0 Å². The second-order valence-corrected chi connectivity index (χ2v) is 7.28. The maximum atomic E-state index is 4.60. The van der Waals surface area contributed by atoms with E-state index < -0.39 is 0 Å². The largest absolute Gasteiger partial charge is 0.395 e. The van der Waals surface area contributed by atoms with Gasteiger partial charge in [-0.1, -0.05) is 23.7 Å². The summed E-state index contributed by atoms with van der Waals surface area (Å²) in [6.45, 7) is 4.35. The number of hydrogen-bond acceptors (Lipinski definition) is 5. The second kappa shape index (κ2) is 8.04. The molecule has 1 aromatic heterocycles. The lowest BCUT2D eigenvalue weighted by atomic mass is 10.1. The molecule has 0 N–H and O–H groups in total. The van der Waals surface area contributed by atoms with Crippen LogP contribution in [0.5, 0.6) is 0 Å². The minimum absolute atomic E-state index is 0.737. The molecule has 0 saturated carbocycles. The van der Waals surface area contributed by atoms with E-state index in [0.29, 0.717) is 0 Å². The van der Waals surface area contributed by atoms with Gasteiger partial charge in [-0.25, -0.2) is 4.98 Å². The highest BCUT2D eigenvalue weighted by molar-refractivity contribution is 9.18. The molecule has 0 bridgehead atoms. The van der Waals surface area contributed by atoms with E-state index in [1.54, 1.807) is 11.3 Å². The molecule has 3 heterocycles. The van der Waals surface area contributed by atoms with Crippen LogP contribution in [0.3, 0.4) is 0 Å². The maximum Gasteiger partial charge on any atom is 0.126 e. The number of likely N-dealkylation sites (tertiary alicyclic amines) is 1. The lowest BCUT2D eigenvalue weighted by Crippen LogP contribution is -2.29. The Bertz CT molecular complexity index is 637. The molecule has 6 heteroatoms. The van der Waals surface area contributed by atoms with E-state index >= 15 is 0 Å². The third-order valence-electron chi connectivity index (χ3n) is 3.84. The Labute approximate surface area is 143 Å². The number of fused-ring (bicyclic) bond motifs is 1. The Kier molecular flexibility index (Phi) is 5.81. The Balaban J connectivity index is 0.000000202. The number of oxime groups is 1. The van der Waals surface area contributed by atoms with Gasteiger partial charge in [0.05, 0.1) is 15.7 Å². The van der Waals surface area contributed by atoms with Gasteiger partial charge in [-0.15, -0.1) is 11.3 Å². The van der Waals surface area contributed by atoms with E-state index in [1.165, 1.54) is 42.6 Å². The van der Waals surface area contributed by atoms with Gasteiger partial charge < -0.3 is 4.84 Å². The maximum absolute atomic E-state index is 4.60. The van der Waals surface area contributed by atoms with Crippen LogP contribution in [0.2, 0.25) is 0 Å². The summed E-state index contributed by atoms with van der Waals surface area (Å²) in [6, 6.07) is 6.47. The average molecular weight is 382 g/mol. The Morgan fingerprint density at radius 1 is 1.23 bits per heavy atom. The first kappa shape index (κ1) is 15.9. The summed E-state index contributed by atoms with van der Waals surface area (Å²) >= 11 is 4.93. The molecule has 0 amide bonds. The van der Waals surface area contributed by atoms with Gasteiger partial charge >= 0.3 is 0 Å². The van der Waals surface area contributed by atoms with Crippen molar-refractivity contribution in [3.8, 4) is 0 Å². The third kappa shape index (κ3) is 4.27. The monoisotopic (exact) mass is 381 g/mol. The Hall–Kier alpha value is -0.980. The van der Waals surface area contributed by atoms with Crippen LogP contribution in [-0.2, 0) is 11.4 Å². The molecule has 0 atom stereocenters. The van der Waals surface area contributed by atoms with Crippen LogP contribution < -0.4 is 0 Å². The lowest BCUT2D eigenvalue weighted by Gasteiger charge is -2.26. The van der Waals surface area contributed by atoms with Crippen molar-refractivity contribution in [2.45, 2.75) is 32.2 Å². The minimum atomic E-state index is 0.737. The van der Waals surface area contributed by atoms with E-state index in [0.717, 1.165) is 29.7 Å². The first-order valence-electron chi connectivity index (χ1n) is 7.71. The average Bonchev–Trinajstić information content (AvgIpc) is 3.20. The highest BCUT2D eigenvalue weighted by Crippen LogP contribution is 2.24. The molecule has 4 rings (SSSR count). The fourth-order valence-corrected chi connectivity index (χ4v) is 3.78. The zero-order chi connectivity index (χ0) is 15.2. The van der Waals surface area contributed by atoms with Crippen molar-refractivity contribution >= 4 is 42.1 Å². The molecule has 0 spiro atoms. The number of thiazole rings is 1. The summed E-state index contributed by atoms with van der Waals surface area (Å²) in [6.07, 6.45) is 5.05. The van der Waals surface area contributed by atoms with E-state index in [4.69, 9.17) is 0 Å². The normalized spacial score (nSPS) is 18.5. The smallest absolute Gasteiger partial charge is 0.126 e. The van der Waals surface area contributed by atoms with E-state index in [1.807, 2.05) is 5.51 Å². The van der Waals surface area contributed by atoms with Gasteiger partial charge in [0, 0.05) is 13.0 Å².